The Kier molecular flexibility index (Phi) is 141. The van der Waals surface area contributed by atoms with Gasteiger partial charge in [0.05, 0.1) is 26.4 Å². The van der Waals surface area contributed by atoms with Crippen LogP contribution in [0.5, 0.6) is 0 Å². The quantitative estimate of drug-likeness (QED) is 0.464. The van der Waals surface area contributed by atoms with Crippen LogP contribution in [0, 0.1) is 0 Å². The van der Waals surface area contributed by atoms with Gasteiger partial charge in [0.15, 0.2) is 0 Å². The summed E-state index contributed by atoms with van der Waals surface area (Å²) in [6, 6.07) is 0. The fraction of sp³-hybridized carbons (Fsp3) is 1.00. The summed E-state index contributed by atoms with van der Waals surface area (Å²) in [6.45, 7) is 0.696. The molecular formula is C4H18O7V. The molecule has 1 radical (unpaired) electrons. The van der Waals surface area contributed by atoms with Crippen molar-refractivity contribution in [3.8, 4) is 0 Å². The van der Waals surface area contributed by atoms with Crippen LogP contribution in [0.2, 0.25) is 0 Å². The Morgan fingerprint density at radius 2 is 1.00 bits per heavy atom. The molecule has 8 heteroatoms. The summed E-state index contributed by atoms with van der Waals surface area (Å²) >= 11 is 0. The molecule has 0 amide bonds. The molecule has 12 heavy (non-hydrogen) atoms. The number of ether oxygens (including phenoxy) is 1. The van der Waals surface area contributed by atoms with Crippen LogP contribution >= 0.6 is 0 Å². The molecule has 0 aromatic rings. The van der Waals surface area contributed by atoms with Crippen LogP contribution in [-0.4, -0.2) is 58.5 Å². The van der Waals surface area contributed by atoms with E-state index in [0.29, 0.717) is 13.2 Å². The molecule has 0 fully saturated rings. The van der Waals surface area contributed by atoms with Crippen molar-refractivity contribution >= 4 is 0 Å². The van der Waals surface area contributed by atoms with E-state index in [1.54, 1.807) is 0 Å². The third-order valence-electron chi connectivity index (χ3n) is 0.471. The molecule has 0 bridgehead atoms. The second-order valence-electron chi connectivity index (χ2n) is 1.06. The van der Waals surface area contributed by atoms with E-state index in [2.05, 4.69) is 4.74 Å². The Labute approximate surface area is 82.5 Å². The van der Waals surface area contributed by atoms with Gasteiger partial charge in [0.1, 0.15) is 0 Å². The van der Waals surface area contributed by atoms with Gasteiger partial charge in [-0.05, 0) is 0 Å². The van der Waals surface area contributed by atoms with Crippen molar-refractivity contribution < 1.29 is 55.4 Å². The minimum absolute atomic E-state index is 0. The molecule has 0 aromatic carbocycles. The molecule has 0 unspecified atom stereocenters. The number of rotatable bonds is 4. The minimum Gasteiger partial charge on any atom is -0.412 e. The third kappa shape index (κ3) is 48.1. The summed E-state index contributed by atoms with van der Waals surface area (Å²) in [6.07, 6.45) is 0. The first-order valence-electron chi connectivity index (χ1n) is 2.21. The number of hydrogen-bond donors (Lipinski definition) is 2. The van der Waals surface area contributed by atoms with Gasteiger partial charge in [-0.25, -0.2) is 0 Å². The first kappa shape index (κ1) is 39.6. The monoisotopic (exact) mass is 229 g/mol. The average Bonchev–Trinajstić information content (AvgIpc) is 1.69. The van der Waals surface area contributed by atoms with Gasteiger partial charge >= 0.3 is 0 Å². The van der Waals surface area contributed by atoms with Crippen molar-refractivity contribution in [2.45, 2.75) is 0 Å². The van der Waals surface area contributed by atoms with Crippen LogP contribution in [0.25, 0.3) is 0 Å². The summed E-state index contributed by atoms with van der Waals surface area (Å²) < 4.78 is 4.63. The number of hydrogen-bond acceptors (Lipinski definition) is 3. The van der Waals surface area contributed by atoms with Crippen molar-refractivity contribution in [3.05, 3.63) is 0 Å². The predicted octanol–water partition coefficient (Wildman–Crippen LogP) is -4.31. The van der Waals surface area contributed by atoms with Gasteiger partial charge in [0, 0.05) is 18.6 Å². The summed E-state index contributed by atoms with van der Waals surface area (Å²) in [4.78, 5) is 0. The van der Waals surface area contributed by atoms with Gasteiger partial charge in [-0.1, -0.05) is 0 Å². The second kappa shape index (κ2) is 42.7. The largest absolute Gasteiger partial charge is 0.412 e. The summed E-state index contributed by atoms with van der Waals surface area (Å²) in [7, 11) is 0. The molecular weight excluding hydrogens is 211 g/mol. The molecule has 0 saturated heterocycles. The molecule has 0 rings (SSSR count). The Bertz CT molecular complexity index is 34.6. The van der Waals surface area contributed by atoms with E-state index in [-0.39, 0.29) is 53.7 Å². The van der Waals surface area contributed by atoms with E-state index in [1.807, 2.05) is 0 Å². The zero-order valence-corrected chi connectivity index (χ0v) is 7.98. The van der Waals surface area contributed by atoms with Gasteiger partial charge in [-0.15, -0.1) is 0 Å². The van der Waals surface area contributed by atoms with Gasteiger partial charge in [0.2, 0.25) is 0 Å². The Balaban J connectivity index is -0.0000000180. The first-order valence-corrected chi connectivity index (χ1v) is 2.21. The zero-order valence-electron chi connectivity index (χ0n) is 6.58. The van der Waals surface area contributed by atoms with Crippen molar-refractivity contribution in [2.24, 2.45) is 0 Å². The maximum atomic E-state index is 8.09. The van der Waals surface area contributed by atoms with Gasteiger partial charge in [-0.3, -0.25) is 0 Å². The van der Waals surface area contributed by atoms with Crippen LogP contribution in [0.4, 0.5) is 0 Å². The molecule has 10 N–H and O–H groups in total. The Hall–Kier alpha value is 0.304. The van der Waals surface area contributed by atoms with E-state index >= 15 is 0 Å². The van der Waals surface area contributed by atoms with E-state index in [4.69, 9.17) is 10.2 Å². The van der Waals surface area contributed by atoms with Crippen molar-refractivity contribution in [1.29, 1.82) is 0 Å². The normalized spacial score (nSPS) is 5.50. The molecule has 0 heterocycles. The standard InChI is InChI=1S/C4H10O3.4H2O.V/c5-1-3-7-4-2-6;;;;;/h5-6H,1-4H2;4*1H2;. The van der Waals surface area contributed by atoms with Gasteiger partial charge in [0.25, 0.3) is 0 Å². The van der Waals surface area contributed by atoms with Crippen LogP contribution in [0.3, 0.4) is 0 Å². The maximum absolute atomic E-state index is 8.09. The zero-order chi connectivity index (χ0) is 5.54. The van der Waals surface area contributed by atoms with Gasteiger partial charge < -0.3 is 36.9 Å². The Morgan fingerprint density at radius 3 is 1.17 bits per heavy atom. The van der Waals surface area contributed by atoms with Crippen LogP contribution < -0.4 is 0 Å². The van der Waals surface area contributed by atoms with Crippen molar-refractivity contribution in [2.75, 3.05) is 26.4 Å². The molecule has 0 aromatic heterocycles. The molecule has 0 spiro atoms. The number of aliphatic hydroxyl groups is 2. The fourth-order valence-electron chi connectivity index (χ4n) is 0.231. The fourth-order valence-corrected chi connectivity index (χ4v) is 0.231. The molecule has 0 aliphatic heterocycles. The van der Waals surface area contributed by atoms with Crippen LogP contribution in [0.15, 0.2) is 0 Å². The molecule has 0 aliphatic carbocycles. The number of aliphatic hydroxyl groups excluding tert-OH is 2. The smallest absolute Gasteiger partial charge is 0.0698 e. The minimum atomic E-state index is 0. The van der Waals surface area contributed by atoms with E-state index in [9.17, 15) is 0 Å². The van der Waals surface area contributed by atoms with Gasteiger partial charge in [-0.2, -0.15) is 0 Å². The van der Waals surface area contributed by atoms with E-state index in [0.717, 1.165) is 0 Å². The summed E-state index contributed by atoms with van der Waals surface area (Å²) in [5.74, 6) is 0. The molecule has 7 nitrogen and oxygen atoms in total. The summed E-state index contributed by atoms with van der Waals surface area (Å²) in [5.41, 5.74) is 0. The molecule has 81 valence electrons. The van der Waals surface area contributed by atoms with Crippen molar-refractivity contribution in [3.63, 3.8) is 0 Å². The van der Waals surface area contributed by atoms with E-state index in [1.165, 1.54) is 0 Å². The SMILES string of the molecule is O.O.O.O.OCCOCCO.[V]. The maximum Gasteiger partial charge on any atom is 0.0698 e. The Morgan fingerprint density at radius 1 is 0.750 bits per heavy atom. The second-order valence-corrected chi connectivity index (χ2v) is 1.06. The third-order valence-corrected chi connectivity index (χ3v) is 0.471. The molecule has 0 atom stereocenters. The molecule has 0 aliphatic rings. The van der Waals surface area contributed by atoms with Crippen molar-refractivity contribution in [1.82, 2.24) is 0 Å². The average molecular weight is 229 g/mol. The van der Waals surface area contributed by atoms with Crippen LogP contribution in [0.1, 0.15) is 0 Å². The first-order chi connectivity index (χ1) is 3.41. The van der Waals surface area contributed by atoms with E-state index < -0.39 is 0 Å². The topological polar surface area (TPSA) is 176 Å². The summed E-state index contributed by atoms with van der Waals surface area (Å²) in [5, 5.41) is 16.2. The van der Waals surface area contributed by atoms with Crippen LogP contribution in [-0.2, 0) is 23.3 Å². The predicted molar refractivity (Wildman–Crippen MR) is 39.4 cm³/mol. The molecule has 0 saturated carbocycles.